The molecule has 54 heavy (non-hydrogen) atoms. The fourth-order valence-corrected chi connectivity index (χ4v) is 5.60. The number of rotatable bonds is 21. The average molecular weight is 753 g/mol. The standard InChI is InChI=1S/C35H48N10O9/c36-28(47)18-27(45-32(52)24(9-5-15-40-35(37)38)42-31(51)23-8-4-14-39-23)34(54)44-26(17-21-10-12-22(46)13-11-21)33(53)43-25(30(50)41-19-29(48)49)16-20-6-2-1-3-7-20/h1-3,6-7,10-13,23-27,39,46H,4-5,8-9,14-19H2,(H2,36,47)(H,41,50)(H,42,51)(H,43,53)(H,44,54)(H,45,52)(H,48,49)(H4,37,38,40)/t23-,24-,25-,26-,27-/m0/s1. The maximum atomic E-state index is 13.9. The average Bonchev–Trinajstić information content (AvgIpc) is 3.67. The van der Waals surface area contributed by atoms with E-state index in [1.807, 2.05) is 0 Å². The predicted molar refractivity (Wildman–Crippen MR) is 195 cm³/mol. The minimum absolute atomic E-state index is 0.0368. The molecule has 0 aromatic heterocycles. The van der Waals surface area contributed by atoms with Crippen molar-refractivity contribution in [1.29, 1.82) is 0 Å². The Kier molecular flexibility index (Phi) is 16.7. The third kappa shape index (κ3) is 14.8. The topological polar surface area (TPSA) is 323 Å². The van der Waals surface area contributed by atoms with Crippen molar-refractivity contribution in [1.82, 2.24) is 31.9 Å². The van der Waals surface area contributed by atoms with Gasteiger partial charge in [0.2, 0.25) is 35.4 Å². The molecule has 1 aliphatic rings. The van der Waals surface area contributed by atoms with Crippen LogP contribution in [0, 0.1) is 0 Å². The molecule has 0 unspecified atom stereocenters. The minimum Gasteiger partial charge on any atom is -0.508 e. The van der Waals surface area contributed by atoms with Crippen molar-refractivity contribution in [3.8, 4) is 5.75 Å². The van der Waals surface area contributed by atoms with Crippen LogP contribution in [0.3, 0.4) is 0 Å². The van der Waals surface area contributed by atoms with Crippen LogP contribution >= 0.6 is 0 Å². The molecule has 3 rings (SSSR count). The van der Waals surface area contributed by atoms with Gasteiger partial charge in [-0.3, -0.25) is 38.6 Å². The fraction of sp³-hybridized carbons (Fsp3) is 0.429. The van der Waals surface area contributed by atoms with Gasteiger partial charge in [-0.25, -0.2) is 0 Å². The second-order valence-corrected chi connectivity index (χ2v) is 12.7. The Morgan fingerprint density at radius 3 is 1.91 bits per heavy atom. The Bertz CT molecular complexity index is 1650. The summed E-state index contributed by atoms with van der Waals surface area (Å²) in [5, 5.41) is 34.4. The molecule has 2 aromatic carbocycles. The summed E-state index contributed by atoms with van der Waals surface area (Å²) in [6, 6.07) is 8.31. The van der Waals surface area contributed by atoms with E-state index in [1.165, 1.54) is 24.3 Å². The monoisotopic (exact) mass is 752 g/mol. The van der Waals surface area contributed by atoms with Gasteiger partial charge in [0.25, 0.3) is 0 Å². The third-order valence-corrected chi connectivity index (χ3v) is 8.33. The van der Waals surface area contributed by atoms with Gasteiger partial charge in [-0.2, -0.15) is 0 Å². The number of phenolic OH excluding ortho intramolecular Hbond substituents is 1. The fourth-order valence-electron chi connectivity index (χ4n) is 5.60. The number of carboxylic acids is 1. The molecule has 0 bridgehead atoms. The van der Waals surface area contributed by atoms with Gasteiger partial charge in [-0.05, 0) is 55.5 Å². The number of aromatic hydroxyl groups is 1. The number of aliphatic carboxylic acids is 1. The first-order valence-corrected chi connectivity index (χ1v) is 17.3. The Morgan fingerprint density at radius 2 is 1.33 bits per heavy atom. The lowest BCUT2D eigenvalue weighted by atomic mass is 10.0. The highest BCUT2D eigenvalue weighted by Gasteiger charge is 2.33. The summed E-state index contributed by atoms with van der Waals surface area (Å²) >= 11 is 0. The SMILES string of the molecule is NC(=O)C[C@H](NC(=O)[C@H](CCCN=C(N)N)NC(=O)[C@@H]1CCCN1)C(=O)N[C@@H](Cc1ccc(O)cc1)C(=O)N[C@@H](Cc1ccccc1)C(=O)NCC(=O)O. The van der Waals surface area contributed by atoms with E-state index < -0.39 is 84.6 Å². The zero-order valence-electron chi connectivity index (χ0n) is 29.6. The summed E-state index contributed by atoms with van der Waals surface area (Å²) in [5.41, 5.74) is 17.4. The van der Waals surface area contributed by atoms with Gasteiger partial charge in [-0.15, -0.1) is 0 Å². The number of phenols is 1. The molecule has 14 N–H and O–H groups in total. The van der Waals surface area contributed by atoms with Gasteiger partial charge in [0, 0.05) is 19.4 Å². The van der Waals surface area contributed by atoms with E-state index in [0.29, 0.717) is 24.1 Å². The molecular formula is C35H48N10O9. The number of amides is 6. The van der Waals surface area contributed by atoms with Gasteiger partial charge < -0.3 is 59.3 Å². The Hall–Kier alpha value is -6.24. The number of benzene rings is 2. The molecule has 1 aliphatic heterocycles. The number of carbonyl (C=O) groups excluding carboxylic acids is 6. The van der Waals surface area contributed by atoms with Gasteiger partial charge in [0.15, 0.2) is 5.96 Å². The minimum atomic E-state index is -1.61. The smallest absolute Gasteiger partial charge is 0.322 e. The number of guanidine groups is 1. The van der Waals surface area contributed by atoms with Crippen LogP contribution in [0.1, 0.15) is 43.2 Å². The number of aliphatic imine (C=N–C) groups is 1. The molecule has 5 atom stereocenters. The van der Waals surface area contributed by atoms with Crippen molar-refractivity contribution >= 4 is 47.4 Å². The number of nitrogens with zero attached hydrogens (tertiary/aromatic N) is 1. The van der Waals surface area contributed by atoms with Gasteiger partial charge in [0.05, 0.1) is 12.5 Å². The van der Waals surface area contributed by atoms with Gasteiger partial charge >= 0.3 is 5.97 Å². The van der Waals surface area contributed by atoms with E-state index in [-0.39, 0.29) is 43.9 Å². The summed E-state index contributed by atoms with van der Waals surface area (Å²) in [6.45, 7) is 0.0524. The number of carboxylic acid groups (broad SMARTS) is 1. The first-order valence-electron chi connectivity index (χ1n) is 17.3. The first kappa shape index (κ1) is 42.2. The predicted octanol–water partition coefficient (Wildman–Crippen LogP) is -3.00. The summed E-state index contributed by atoms with van der Waals surface area (Å²) in [7, 11) is 0. The molecule has 1 fully saturated rings. The lowest BCUT2D eigenvalue weighted by Gasteiger charge is -2.26. The zero-order chi connectivity index (χ0) is 39.6. The molecule has 0 radical (unpaired) electrons. The quantitative estimate of drug-likeness (QED) is 0.0345. The van der Waals surface area contributed by atoms with E-state index in [0.717, 1.165) is 6.42 Å². The van der Waals surface area contributed by atoms with Crippen molar-refractivity contribution in [2.75, 3.05) is 19.6 Å². The summed E-state index contributed by atoms with van der Waals surface area (Å²) in [6.07, 6.45) is 0.744. The highest BCUT2D eigenvalue weighted by Crippen LogP contribution is 2.13. The third-order valence-electron chi connectivity index (χ3n) is 8.33. The molecule has 1 heterocycles. The highest BCUT2D eigenvalue weighted by atomic mass is 16.4. The summed E-state index contributed by atoms with van der Waals surface area (Å²) in [4.78, 5) is 94.5. The Labute approximate surface area is 311 Å². The van der Waals surface area contributed by atoms with Crippen LogP contribution in [0.5, 0.6) is 5.75 Å². The molecular weight excluding hydrogens is 704 g/mol. The van der Waals surface area contributed by atoms with Crippen molar-refractivity contribution in [2.45, 2.75) is 75.2 Å². The summed E-state index contributed by atoms with van der Waals surface area (Å²) < 4.78 is 0. The number of nitrogens with two attached hydrogens (primary N) is 3. The molecule has 6 amide bonds. The number of hydrogen-bond donors (Lipinski definition) is 11. The second kappa shape index (κ2) is 21.3. The molecule has 19 nitrogen and oxygen atoms in total. The molecule has 0 spiro atoms. The number of primary amides is 1. The Balaban J connectivity index is 1.86. The normalized spacial score (nSPS) is 15.7. The van der Waals surface area contributed by atoms with Crippen molar-refractivity contribution in [2.24, 2.45) is 22.2 Å². The van der Waals surface area contributed by atoms with Crippen LogP contribution in [0.25, 0.3) is 0 Å². The van der Waals surface area contributed by atoms with Crippen molar-refractivity contribution in [3.63, 3.8) is 0 Å². The molecule has 2 aromatic rings. The number of carbonyl (C=O) groups is 7. The number of hydrogen-bond acceptors (Lipinski definition) is 10. The van der Waals surface area contributed by atoms with E-state index in [4.69, 9.17) is 22.3 Å². The van der Waals surface area contributed by atoms with Crippen LogP contribution in [-0.4, -0.2) is 107 Å². The molecule has 19 heteroatoms. The van der Waals surface area contributed by atoms with Gasteiger partial charge in [-0.1, -0.05) is 42.5 Å². The van der Waals surface area contributed by atoms with Crippen molar-refractivity contribution < 1.29 is 43.8 Å². The maximum absolute atomic E-state index is 13.9. The van der Waals surface area contributed by atoms with Crippen LogP contribution in [0.2, 0.25) is 0 Å². The number of nitrogens with one attached hydrogen (secondary N) is 6. The Morgan fingerprint density at radius 1 is 0.759 bits per heavy atom. The lowest BCUT2D eigenvalue weighted by molar-refractivity contribution is -0.138. The van der Waals surface area contributed by atoms with Crippen LogP contribution < -0.4 is 49.1 Å². The summed E-state index contributed by atoms with van der Waals surface area (Å²) in [5.74, 6) is -6.39. The largest absolute Gasteiger partial charge is 0.508 e. The van der Waals surface area contributed by atoms with Gasteiger partial charge in [0.1, 0.15) is 36.5 Å². The highest BCUT2D eigenvalue weighted by molar-refractivity contribution is 5.98. The van der Waals surface area contributed by atoms with E-state index in [2.05, 4.69) is 36.9 Å². The van der Waals surface area contributed by atoms with Crippen LogP contribution in [0.15, 0.2) is 59.6 Å². The zero-order valence-corrected chi connectivity index (χ0v) is 29.6. The van der Waals surface area contributed by atoms with E-state index >= 15 is 0 Å². The lowest BCUT2D eigenvalue weighted by Crippen LogP contribution is -2.60. The molecule has 1 saturated heterocycles. The van der Waals surface area contributed by atoms with E-state index in [9.17, 15) is 38.7 Å². The molecule has 0 aliphatic carbocycles. The second-order valence-electron chi connectivity index (χ2n) is 12.7. The van der Waals surface area contributed by atoms with Crippen LogP contribution in [0.4, 0.5) is 0 Å². The van der Waals surface area contributed by atoms with Crippen molar-refractivity contribution in [3.05, 3.63) is 65.7 Å². The molecule has 0 saturated carbocycles. The first-order chi connectivity index (χ1) is 25.7. The van der Waals surface area contributed by atoms with E-state index in [1.54, 1.807) is 30.3 Å². The maximum Gasteiger partial charge on any atom is 0.322 e. The van der Waals surface area contributed by atoms with Crippen LogP contribution in [-0.2, 0) is 46.4 Å². The molecule has 292 valence electrons.